The van der Waals surface area contributed by atoms with E-state index in [1.807, 2.05) is 20.0 Å². The van der Waals surface area contributed by atoms with Gasteiger partial charge in [-0.05, 0) is 80.9 Å². The van der Waals surface area contributed by atoms with E-state index < -0.39 is 0 Å². The summed E-state index contributed by atoms with van der Waals surface area (Å²) in [6.07, 6.45) is 7.02. The summed E-state index contributed by atoms with van der Waals surface area (Å²) < 4.78 is 3.93. The molecule has 1 N–H and O–H groups in total. The first kappa shape index (κ1) is 16.8. The minimum absolute atomic E-state index is 0.0403. The lowest BCUT2D eigenvalue weighted by Gasteiger charge is -2.22. The Kier molecular flexibility index (Phi) is 3.93. The van der Waals surface area contributed by atoms with Crippen LogP contribution in [0.25, 0.3) is 22.0 Å². The van der Waals surface area contributed by atoms with Crippen molar-refractivity contribution in [2.24, 2.45) is 7.05 Å². The van der Waals surface area contributed by atoms with E-state index in [9.17, 15) is 4.79 Å². The number of nitrogens with zero attached hydrogens (tertiary/aromatic N) is 3. The van der Waals surface area contributed by atoms with Crippen LogP contribution in [-0.2, 0) is 7.05 Å². The summed E-state index contributed by atoms with van der Waals surface area (Å²) in [4.78, 5) is 11.9. The molecule has 0 atom stereocenters. The van der Waals surface area contributed by atoms with Crippen molar-refractivity contribution in [1.29, 1.82) is 0 Å². The third kappa shape index (κ3) is 2.90. The third-order valence-electron chi connectivity index (χ3n) is 6.28. The van der Waals surface area contributed by atoms with Gasteiger partial charge < -0.3 is 9.88 Å². The zero-order valence-electron chi connectivity index (χ0n) is 16.0. The number of nitrogens with one attached hydrogen (secondary N) is 1. The molecule has 140 valence electrons. The Morgan fingerprint density at radius 2 is 1.89 bits per heavy atom. The van der Waals surface area contributed by atoms with Crippen molar-refractivity contribution in [1.82, 2.24) is 19.7 Å². The smallest absolute Gasteiger partial charge is 0.250 e. The van der Waals surface area contributed by atoms with Gasteiger partial charge in [0.25, 0.3) is 0 Å². The summed E-state index contributed by atoms with van der Waals surface area (Å²) in [7, 11) is 1.84. The second kappa shape index (κ2) is 6.34. The summed E-state index contributed by atoms with van der Waals surface area (Å²) in [5.74, 6) is 0.636. The lowest BCUT2D eigenvalue weighted by atomic mass is 9.97. The van der Waals surface area contributed by atoms with Gasteiger partial charge in [0, 0.05) is 36.0 Å². The third-order valence-corrected chi connectivity index (χ3v) is 6.28. The highest BCUT2D eigenvalue weighted by Crippen LogP contribution is 2.44. The molecule has 2 aromatic heterocycles. The molecule has 1 aliphatic carbocycles. The molecule has 0 spiro atoms. The fourth-order valence-electron chi connectivity index (χ4n) is 4.34. The first-order valence-electron chi connectivity index (χ1n) is 10.0. The predicted molar refractivity (Wildman–Crippen MR) is 108 cm³/mol. The van der Waals surface area contributed by atoms with Crippen LogP contribution in [-0.4, -0.2) is 27.4 Å². The molecule has 0 amide bonds. The van der Waals surface area contributed by atoms with Gasteiger partial charge >= 0.3 is 0 Å². The highest BCUT2D eigenvalue weighted by atomic mass is 16.1. The monoisotopic (exact) mass is 362 g/mol. The molecule has 2 fully saturated rings. The number of rotatable bonds is 3. The van der Waals surface area contributed by atoms with Gasteiger partial charge in [-0.2, -0.15) is 5.10 Å². The summed E-state index contributed by atoms with van der Waals surface area (Å²) in [5.41, 5.74) is 5.93. The Labute approximate surface area is 159 Å². The van der Waals surface area contributed by atoms with Crippen LogP contribution in [0.15, 0.2) is 35.3 Å². The fourth-order valence-corrected chi connectivity index (χ4v) is 4.34. The summed E-state index contributed by atoms with van der Waals surface area (Å²) in [6, 6.07) is 8.69. The molecule has 0 unspecified atom stereocenters. The molecule has 1 saturated heterocycles. The summed E-state index contributed by atoms with van der Waals surface area (Å²) >= 11 is 0. The topological polar surface area (TPSA) is 51.9 Å². The molecular formula is C22H26N4O. The van der Waals surface area contributed by atoms with E-state index in [0.29, 0.717) is 12.0 Å². The van der Waals surface area contributed by atoms with Crippen molar-refractivity contribution in [3.8, 4) is 11.1 Å². The molecule has 1 aromatic carbocycles. The van der Waals surface area contributed by atoms with Gasteiger partial charge in [0.15, 0.2) is 0 Å². The molecule has 1 aliphatic heterocycles. The largest absolute Gasteiger partial charge is 0.317 e. The molecule has 5 heteroatoms. The minimum Gasteiger partial charge on any atom is -0.317 e. The molecule has 3 aromatic rings. The highest BCUT2D eigenvalue weighted by molar-refractivity contribution is 5.88. The van der Waals surface area contributed by atoms with E-state index in [4.69, 9.17) is 5.10 Å². The second-order valence-electron chi connectivity index (χ2n) is 8.10. The van der Waals surface area contributed by atoms with E-state index in [1.165, 1.54) is 34.9 Å². The Morgan fingerprint density at radius 3 is 2.63 bits per heavy atom. The van der Waals surface area contributed by atoms with Crippen LogP contribution in [0.4, 0.5) is 0 Å². The average Bonchev–Trinajstić information content (AvgIpc) is 3.44. The first-order valence-corrected chi connectivity index (χ1v) is 10.0. The van der Waals surface area contributed by atoms with Gasteiger partial charge in [0.1, 0.15) is 0 Å². The lowest BCUT2D eigenvalue weighted by Crippen LogP contribution is -2.29. The second-order valence-corrected chi connectivity index (χ2v) is 8.10. The Hall–Kier alpha value is -2.40. The maximum atomic E-state index is 11.9. The van der Waals surface area contributed by atoms with Gasteiger partial charge in [0.05, 0.1) is 11.6 Å². The number of hydrogen-bond acceptors (Lipinski definition) is 3. The zero-order valence-corrected chi connectivity index (χ0v) is 16.0. The van der Waals surface area contributed by atoms with Crippen LogP contribution in [0.1, 0.15) is 48.9 Å². The predicted octanol–water partition coefficient (Wildman–Crippen LogP) is 3.51. The Bertz CT molecular complexity index is 1070. The number of hydrogen-bond donors (Lipinski definition) is 1. The summed E-state index contributed by atoms with van der Waals surface area (Å²) in [5, 5.41) is 9.68. The van der Waals surface area contributed by atoms with Crippen LogP contribution >= 0.6 is 0 Å². The van der Waals surface area contributed by atoms with Crippen LogP contribution in [0.2, 0.25) is 0 Å². The van der Waals surface area contributed by atoms with Crippen molar-refractivity contribution in [3.63, 3.8) is 0 Å². The molecule has 5 rings (SSSR count). The number of fused-ring (bicyclic) bond motifs is 1. The van der Waals surface area contributed by atoms with Gasteiger partial charge in [0.2, 0.25) is 5.56 Å². The maximum absolute atomic E-state index is 11.9. The SMILES string of the molecule is Cc1c(-c2cc(C3CC3)c3nn(C4CCNCC4)cc3c2)ccc(=O)n1C. The van der Waals surface area contributed by atoms with Crippen molar-refractivity contribution < 1.29 is 0 Å². The van der Waals surface area contributed by atoms with E-state index in [1.54, 1.807) is 10.6 Å². The Balaban J connectivity index is 1.66. The standard InChI is InChI=1S/C22H26N4O/c1-14-19(5-6-21(27)25(14)2)16-11-17-13-26(18-7-9-23-10-8-18)24-22(17)20(12-16)15-3-4-15/h5-6,11-13,15,18,23H,3-4,7-10H2,1-2H3. The van der Waals surface area contributed by atoms with E-state index >= 15 is 0 Å². The van der Waals surface area contributed by atoms with Crippen LogP contribution in [0.5, 0.6) is 0 Å². The van der Waals surface area contributed by atoms with E-state index in [-0.39, 0.29) is 5.56 Å². The Morgan fingerprint density at radius 1 is 1.11 bits per heavy atom. The fraction of sp³-hybridized carbons (Fsp3) is 0.455. The first-order chi connectivity index (χ1) is 13.1. The lowest BCUT2D eigenvalue weighted by molar-refractivity contribution is 0.345. The quantitative estimate of drug-likeness (QED) is 0.776. The van der Waals surface area contributed by atoms with Crippen molar-refractivity contribution in [2.75, 3.05) is 13.1 Å². The molecule has 0 bridgehead atoms. The van der Waals surface area contributed by atoms with Gasteiger partial charge in [-0.1, -0.05) is 0 Å². The van der Waals surface area contributed by atoms with E-state index in [2.05, 4.69) is 28.3 Å². The van der Waals surface area contributed by atoms with Gasteiger partial charge in [-0.3, -0.25) is 9.48 Å². The number of pyridine rings is 1. The number of piperidine rings is 1. The van der Waals surface area contributed by atoms with Crippen LogP contribution in [0, 0.1) is 6.92 Å². The normalized spacial score (nSPS) is 18.3. The average molecular weight is 362 g/mol. The van der Waals surface area contributed by atoms with E-state index in [0.717, 1.165) is 37.2 Å². The summed E-state index contributed by atoms with van der Waals surface area (Å²) in [6.45, 7) is 4.16. The van der Waals surface area contributed by atoms with Crippen molar-refractivity contribution >= 4 is 10.9 Å². The molecule has 0 radical (unpaired) electrons. The van der Waals surface area contributed by atoms with Crippen LogP contribution in [0.3, 0.4) is 0 Å². The zero-order chi connectivity index (χ0) is 18.5. The van der Waals surface area contributed by atoms with Gasteiger partial charge in [-0.25, -0.2) is 0 Å². The number of aromatic nitrogens is 3. The molecular weight excluding hydrogens is 336 g/mol. The molecule has 1 saturated carbocycles. The molecule has 5 nitrogen and oxygen atoms in total. The minimum atomic E-state index is 0.0403. The molecule has 2 aliphatic rings. The number of benzene rings is 1. The van der Waals surface area contributed by atoms with Crippen molar-refractivity contribution in [3.05, 3.63) is 52.1 Å². The van der Waals surface area contributed by atoms with Crippen LogP contribution < -0.4 is 10.9 Å². The molecule has 27 heavy (non-hydrogen) atoms. The highest BCUT2D eigenvalue weighted by Gasteiger charge is 2.28. The maximum Gasteiger partial charge on any atom is 0.250 e. The van der Waals surface area contributed by atoms with Gasteiger partial charge in [-0.15, -0.1) is 0 Å². The molecule has 3 heterocycles. The van der Waals surface area contributed by atoms with Crippen molar-refractivity contribution in [2.45, 2.75) is 44.6 Å².